The molecule has 0 aliphatic rings. The molecule has 0 spiro atoms. The molecule has 3 nitrogen and oxygen atoms in total. The third-order valence-electron chi connectivity index (χ3n) is 2.93. The summed E-state index contributed by atoms with van der Waals surface area (Å²) >= 11 is 6.84. The fourth-order valence-corrected chi connectivity index (χ4v) is 2.63. The summed E-state index contributed by atoms with van der Waals surface area (Å²) in [6.07, 6.45) is 0. The molecule has 0 bridgehead atoms. The third-order valence-corrected chi connectivity index (χ3v) is 4.11. The van der Waals surface area contributed by atoms with Crippen molar-refractivity contribution in [2.45, 2.75) is 5.92 Å². The standard InChI is InChI=1S/C15H13Br2NO2/c16-11-6-7-13(17)14(8-11)18-9-12(15(19)20)10-4-2-1-3-5-10/h1-8,12,18H,9H2,(H,19,20). The summed E-state index contributed by atoms with van der Waals surface area (Å²) in [5, 5.41) is 12.5. The molecule has 0 radical (unpaired) electrons. The van der Waals surface area contributed by atoms with Crippen LogP contribution in [0.4, 0.5) is 5.69 Å². The van der Waals surface area contributed by atoms with Gasteiger partial charge in [0.05, 0.1) is 5.92 Å². The van der Waals surface area contributed by atoms with Crippen LogP contribution in [-0.2, 0) is 4.79 Å². The average Bonchev–Trinajstić information content (AvgIpc) is 2.43. The van der Waals surface area contributed by atoms with Crippen LogP contribution in [0, 0.1) is 0 Å². The van der Waals surface area contributed by atoms with Crippen LogP contribution in [0.25, 0.3) is 0 Å². The number of carboxylic acid groups (broad SMARTS) is 1. The van der Waals surface area contributed by atoms with Crippen LogP contribution < -0.4 is 5.32 Å². The molecule has 0 aromatic heterocycles. The van der Waals surface area contributed by atoms with Crippen LogP contribution in [0.3, 0.4) is 0 Å². The van der Waals surface area contributed by atoms with E-state index in [1.165, 1.54) is 0 Å². The maximum absolute atomic E-state index is 11.4. The molecule has 20 heavy (non-hydrogen) atoms. The molecule has 0 saturated carbocycles. The molecule has 2 aromatic rings. The van der Waals surface area contributed by atoms with E-state index in [0.29, 0.717) is 6.54 Å². The molecule has 0 heterocycles. The van der Waals surface area contributed by atoms with E-state index in [1.807, 2.05) is 48.5 Å². The summed E-state index contributed by atoms with van der Waals surface area (Å²) in [6.45, 7) is 0.328. The molecule has 0 aliphatic heterocycles. The van der Waals surface area contributed by atoms with Gasteiger partial charge >= 0.3 is 5.97 Å². The van der Waals surface area contributed by atoms with Gasteiger partial charge in [-0.05, 0) is 39.7 Å². The minimum atomic E-state index is -0.838. The van der Waals surface area contributed by atoms with E-state index in [0.717, 1.165) is 20.2 Å². The van der Waals surface area contributed by atoms with Crippen LogP contribution in [0.15, 0.2) is 57.5 Å². The summed E-state index contributed by atoms with van der Waals surface area (Å²) in [6, 6.07) is 15.0. The van der Waals surface area contributed by atoms with E-state index in [4.69, 9.17) is 0 Å². The summed E-state index contributed by atoms with van der Waals surface area (Å²) in [5.41, 5.74) is 1.65. The first-order valence-electron chi connectivity index (χ1n) is 6.04. The first-order chi connectivity index (χ1) is 9.58. The molecule has 1 atom stereocenters. The zero-order valence-corrected chi connectivity index (χ0v) is 13.7. The second-order valence-electron chi connectivity index (χ2n) is 4.31. The number of benzene rings is 2. The Morgan fingerprint density at radius 2 is 1.85 bits per heavy atom. The number of carboxylic acids is 1. The molecule has 2 aromatic carbocycles. The van der Waals surface area contributed by atoms with Crippen LogP contribution >= 0.6 is 31.9 Å². The SMILES string of the molecule is O=C(O)C(CNc1cc(Br)ccc1Br)c1ccccc1. The lowest BCUT2D eigenvalue weighted by Crippen LogP contribution is -2.21. The molecular formula is C15H13Br2NO2. The first-order valence-corrected chi connectivity index (χ1v) is 7.63. The zero-order chi connectivity index (χ0) is 14.5. The van der Waals surface area contributed by atoms with Crippen molar-refractivity contribution in [1.29, 1.82) is 0 Å². The maximum atomic E-state index is 11.4. The Kier molecular flexibility index (Phi) is 5.20. The third kappa shape index (κ3) is 3.84. The van der Waals surface area contributed by atoms with E-state index in [2.05, 4.69) is 37.2 Å². The summed E-state index contributed by atoms with van der Waals surface area (Å²) < 4.78 is 1.84. The van der Waals surface area contributed by atoms with Gasteiger partial charge in [-0.25, -0.2) is 0 Å². The van der Waals surface area contributed by atoms with E-state index < -0.39 is 11.9 Å². The molecule has 0 aliphatic carbocycles. The van der Waals surface area contributed by atoms with Gasteiger partial charge in [0.2, 0.25) is 0 Å². The van der Waals surface area contributed by atoms with E-state index in [1.54, 1.807) is 0 Å². The molecule has 104 valence electrons. The fraction of sp³-hybridized carbons (Fsp3) is 0.133. The van der Waals surface area contributed by atoms with E-state index in [-0.39, 0.29) is 0 Å². The van der Waals surface area contributed by atoms with Gasteiger partial charge in [-0.1, -0.05) is 46.3 Å². The van der Waals surface area contributed by atoms with Gasteiger partial charge in [-0.3, -0.25) is 4.79 Å². The van der Waals surface area contributed by atoms with Crippen molar-refractivity contribution in [3.63, 3.8) is 0 Å². The monoisotopic (exact) mass is 397 g/mol. The number of carbonyl (C=O) groups is 1. The Morgan fingerprint density at radius 1 is 1.15 bits per heavy atom. The lowest BCUT2D eigenvalue weighted by atomic mass is 9.99. The Bertz CT molecular complexity index is 602. The number of rotatable bonds is 5. The Balaban J connectivity index is 2.14. The molecular weight excluding hydrogens is 386 g/mol. The summed E-state index contributed by atoms with van der Waals surface area (Å²) in [4.78, 5) is 11.4. The smallest absolute Gasteiger partial charge is 0.312 e. The van der Waals surface area contributed by atoms with E-state index >= 15 is 0 Å². The zero-order valence-electron chi connectivity index (χ0n) is 10.5. The highest BCUT2D eigenvalue weighted by atomic mass is 79.9. The molecule has 5 heteroatoms. The van der Waals surface area contributed by atoms with Gasteiger partial charge in [0.15, 0.2) is 0 Å². The largest absolute Gasteiger partial charge is 0.481 e. The second kappa shape index (κ2) is 6.90. The first kappa shape index (κ1) is 15.1. The van der Waals surface area contributed by atoms with Crippen LogP contribution in [0.1, 0.15) is 11.5 Å². The average molecular weight is 399 g/mol. The molecule has 2 N–H and O–H groups in total. The predicted molar refractivity (Wildman–Crippen MR) is 87.2 cm³/mol. The topological polar surface area (TPSA) is 49.3 Å². The second-order valence-corrected chi connectivity index (χ2v) is 6.08. The number of nitrogens with one attached hydrogen (secondary N) is 1. The van der Waals surface area contributed by atoms with Gasteiger partial charge in [-0.15, -0.1) is 0 Å². The number of halogens is 2. The Labute approximate surface area is 134 Å². The molecule has 0 amide bonds. The number of aliphatic carboxylic acids is 1. The van der Waals surface area contributed by atoms with Gasteiger partial charge in [0.1, 0.15) is 0 Å². The Morgan fingerprint density at radius 3 is 2.50 bits per heavy atom. The minimum absolute atomic E-state index is 0.328. The highest BCUT2D eigenvalue weighted by Crippen LogP contribution is 2.27. The van der Waals surface area contributed by atoms with Crippen LogP contribution in [-0.4, -0.2) is 17.6 Å². The number of hydrogen-bond donors (Lipinski definition) is 2. The molecule has 1 unspecified atom stereocenters. The number of anilines is 1. The van der Waals surface area contributed by atoms with Gasteiger partial charge in [-0.2, -0.15) is 0 Å². The lowest BCUT2D eigenvalue weighted by Gasteiger charge is -2.15. The molecule has 2 rings (SSSR count). The normalized spacial score (nSPS) is 11.9. The van der Waals surface area contributed by atoms with Crippen LogP contribution in [0.2, 0.25) is 0 Å². The fourth-order valence-electron chi connectivity index (χ4n) is 1.88. The highest BCUT2D eigenvalue weighted by molar-refractivity contribution is 9.11. The van der Waals surface area contributed by atoms with Crippen molar-refractivity contribution in [3.8, 4) is 0 Å². The van der Waals surface area contributed by atoms with Crippen molar-refractivity contribution in [1.82, 2.24) is 0 Å². The maximum Gasteiger partial charge on any atom is 0.312 e. The predicted octanol–water partition coefficient (Wildman–Crippen LogP) is 4.49. The number of hydrogen-bond acceptors (Lipinski definition) is 2. The van der Waals surface area contributed by atoms with Crippen molar-refractivity contribution in [2.75, 3.05) is 11.9 Å². The van der Waals surface area contributed by atoms with Crippen LogP contribution in [0.5, 0.6) is 0 Å². The quantitative estimate of drug-likeness (QED) is 0.779. The summed E-state index contributed by atoms with van der Waals surface area (Å²) in [7, 11) is 0. The van der Waals surface area contributed by atoms with Gasteiger partial charge in [0.25, 0.3) is 0 Å². The summed E-state index contributed by atoms with van der Waals surface area (Å²) in [5.74, 6) is -1.42. The minimum Gasteiger partial charge on any atom is -0.481 e. The van der Waals surface area contributed by atoms with Crippen molar-refractivity contribution >= 4 is 43.5 Å². The van der Waals surface area contributed by atoms with Crippen molar-refractivity contribution in [3.05, 3.63) is 63.0 Å². The Hall–Kier alpha value is -1.33. The molecule has 0 saturated heterocycles. The lowest BCUT2D eigenvalue weighted by molar-refractivity contribution is -0.138. The van der Waals surface area contributed by atoms with Gasteiger partial charge < -0.3 is 10.4 Å². The molecule has 0 fully saturated rings. The van der Waals surface area contributed by atoms with Crippen molar-refractivity contribution in [2.24, 2.45) is 0 Å². The van der Waals surface area contributed by atoms with Gasteiger partial charge in [0, 0.05) is 21.2 Å². The van der Waals surface area contributed by atoms with Crippen molar-refractivity contribution < 1.29 is 9.90 Å². The highest BCUT2D eigenvalue weighted by Gasteiger charge is 2.19. The van der Waals surface area contributed by atoms with E-state index in [9.17, 15) is 9.90 Å².